The molecule has 2 unspecified atom stereocenters. The van der Waals surface area contributed by atoms with Gasteiger partial charge in [-0.25, -0.2) is 0 Å². The van der Waals surface area contributed by atoms with Gasteiger partial charge in [0.05, 0.1) is 6.61 Å². The van der Waals surface area contributed by atoms with Gasteiger partial charge >= 0.3 is 0 Å². The molecule has 0 aromatic rings. The first kappa shape index (κ1) is 9.72. The summed E-state index contributed by atoms with van der Waals surface area (Å²) < 4.78 is 5.38. The Morgan fingerprint density at radius 3 is 2.50 bits per heavy atom. The normalized spacial score (nSPS) is 31.6. The second kappa shape index (κ2) is 3.56. The maximum Gasteiger partial charge on any atom is 0.123 e. The van der Waals surface area contributed by atoms with Gasteiger partial charge < -0.3 is 9.53 Å². The lowest BCUT2D eigenvalue weighted by Gasteiger charge is -2.37. The van der Waals surface area contributed by atoms with Crippen molar-refractivity contribution in [1.29, 1.82) is 0 Å². The van der Waals surface area contributed by atoms with E-state index in [2.05, 4.69) is 20.8 Å². The summed E-state index contributed by atoms with van der Waals surface area (Å²) in [5, 5.41) is 0. The molecule has 1 rings (SSSR count). The Kier molecular flexibility index (Phi) is 2.89. The zero-order valence-electron chi connectivity index (χ0n) is 8.17. The lowest BCUT2D eigenvalue weighted by atomic mass is 9.72. The van der Waals surface area contributed by atoms with Gasteiger partial charge in [-0.15, -0.1) is 0 Å². The number of carbonyl (C=O) groups excluding carboxylic acids is 1. The van der Waals surface area contributed by atoms with Gasteiger partial charge in [0, 0.05) is 12.5 Å². The highest BCUT2D eigenvalue weighted by atomic mass is 16.5. The van der Waals surface area contributed by atoms with Crippen LogP contribution < -0.4 is 0 Å². The van der Waals surface area contributed by atoms with Gasteiger partial charge in [-0.1, -0.05) is 20.8 Å². The molecule has 1 fully saturated rings. The highest BCUT2D eigenvalue weighted by molar-refractivity contribution is 5.54. The van der Waals surface area contributed by atoms with Crippen molar-refractivity contribution < 1.29 is 9.53 Å². The number of hydrogen-bond donors (Lipinski definition) is 0. The van der Waals surface area contributed by atoms with E-state index in [4.69, 9.17) is 4.74 Å². The van der Waals surface area contributed by atoms with Crippen LogP contribution in [0.25, 0.3) is 0 Å². The molecule has 0 aromatic carbocycles. The molecule has 12 heavy (non-hydrogen) atoms. The molecular weight excluding hydrogens is 152 g/mol. The Labute approximate surface area is 74.3 Å². The van der Waals surface area contributed by atoms with Gasteiger partial charge in [0.1, 0.15) is 6.29 Å². The molecule has 0 saturated carbocycles. The van der Waals surface area contributed by atoms with E-state index in [9.17, 15) is 4.79 Å². The van der Waals surface area contributed by atoms with Crippen LogP contribution in [0.2, 0.25) is 0 Å². The molecule has 0 N–H and O–H groups in total. The van der Waals surface area contributed by atoms with Gasteiger partial charge in [-0.2, -0.15) is 0 Å². The molecule has 0 radical (unpaired) electrons. The monoisotopic (exact) mass is 170 g/mol. The van der Waals surface area contributed by atoms with Crippen LogP contribution in [-0.2, 0) is 9.53 Å². The van der Waals surface area contributed by atoms with E-state index >= 15 is 0 Å². The minimum absolute atomic E-state index is 0.187. The molecule has 70 valence electrons. The lowest BCUT2D eigenvalue weighted by molar-refractivity contribution is -0.120. The van der Waals surface area contributed by atoms with Crippen molar-refractivity contribution >= 4 is 6.29 Å². The van der Waals surface area contributed by atoms with E-state index in [0.29, 0.717) is 5.92 Å². The van der Waals surface area contributed by atoms with Crippen LogP contribution in [0.3, 0.4) is 0 Å². The van der Waals surface area contributed by atoms with Crippen LogP contribution in [-0.4, -0.2) is 19.5 Å². The number of carbonyl (C=O) groups is 1. The van der Waals surface area contributed by atoms with Crippen LogP contribution >= 0.6 is 0 Å². The van der Waals surface area contributed by atoms with Crippen molar-refractivity contribution in [2.75, 3.05) is 13.2 Å². The van der Waals surface area contributed by atoms with Crippen LogP contribution in [0.1, 0.15) is 27.2 Å². The van der Waals surface area contributed by atoms with Crippen LogP contribution in [0.5, 0.6) is 0 Å². The van der Waals surface area contributed by atoms with Crippen LogP contribution in [0.15, 0.2) is 0 Å². The number of ether oxygens (including phenoxy) is 1. The standard InChI is InChI=1S/C10H18O2/c1-10(2,3)9-7-12-5-4-8(9)6-11/h6,8-9H,4-5,7H2,1-3H3. The van der Waals surface area contributed by atoms with Gasteiger partial charge in [0.15, 0.2) is 0 Å². The maximum absolute atomic E-state index is 10.8. The number of aldehydes is 1. The Hall–Kier alpha value is -0.370. The Balaban J connectivity index is 2.65. The quantitative estimate of drug-likeness (QED) is 0.562. The van der Waals surface area contributed by atoms with E-state index in [1.807, 2.05) is 0 Å². The molecule has 2 nitrogen and oxygen atoms in total. The predicted octanol–water partition coefficient (Wildman–Crippen LogP) is 1.88. The summed E-state index contributed by atoms with van der Waals surface area (Å²) in [4.78, 5) is 10.8. The summed E-state index contributed by atoms with van der Waals surface area (Å²) in [5.41, 5.74) is 0.187. The topological polar surface area (TPSA) is 26.3 Å². The number of hydrogen-bond acceptors (Lipinski definition) is 2. The van der Waals surface area contributed by atoms with Crippen molar-refractivity contribution in [3.05, 3.63) is 0 Å². The van der Waals surface area contributed by atoms with Gasteiger partial charge in [0.25, 0.3) is 0 Å². The second-order valence-electron chi connectivity index (χ2n) is 4.64. The molecule has 0 amide bonds. The Morgan fingerprint density at radius 2 is 2.08 bits per heavy atom. The molecule has 0 aliphatic carbocycles. The molecule has 0 bridgehead atoms. The third-order valence-electron chi connectivity index (χ3n) is 2.70. The molecular formula is C10H18O2. The highest BCUT2D eigenvalue weighted by Crippen LogP contribution is 2.35. The molecule has 0 aromatic heterocycles. The predicted molar refractivity (Wildman–Crippen MR) is 47.9 cm³/mol. The first-order chi connectivity index (χ1) is 5.55. The number of rotatable bonds is 1. The van der Waals surface area contributed by atoms with Crippen molar-refractivity contribution in [2.45, 2.75) is 27.2 Å². The minimum atomic E-state index is 0.187. The third kappa shape index (κ3) is 2.07. The maximum atomic E-state index is 10.8. The van der Waals surface area contributed by atoms with E-state index in [1.54, 1.807) is 0 Å². The van der Waals surface area contributed by atoms with E-state index in [0.717, 1.165) is 25.9 Å². The average Bonchev–Trinajstić information content (AvgIpc) is 2.03. The largest absolute Gasteiger partial charge is 0.381 e. The first-order valence-corrected chi connectivity index (χ1v) is 4.58. The summed E-state index contributed by atoms with van der Waals surface area (Å²) in [6, 6.07) is 0. The van der Waals surface area contributed by atoms with Gasteiger partial charge in [-0.3, -0.25) is 0 Å². The van der Waals surface area contributed by atoms with Crippen LogP contribution in [0.4, 0.5) is 0 Å². The fourth-order valence-electron chi connectivity index (χ4n) is 1.81. The zero-order chi connectivity index (χ0) is 9.19. The average molecular weight is 170 g/mol. The molecule has 1 aliphatic rings. The third-order valence-corrected chi connectivity index (χ3v) is 2.70. The summed E-state index contributed by atoms with van der Waals surface area (Å²) in [6.45, 7) is 8.00. The van der Waals surface area contributed by atoms with Crippen molar-refractivity contribution in [3.63, 3.8) is 0 Å². The van der Waals surface area contributed by atoms with E-state index < -0.39 is 0 Å². The smallest absolute Gasteiger partial charge is 0.123 e. The lowest BCUT2D eigenvalue weighted by Crippen LogP contribution is -2.37. The summed E-state index contributed by atoms with van der Waals surface area (Å²) in [5.74, 6) is 0.600. The first-order valence-electron chi connectivity index (χ1n) is 4.58. The fourth-order valence-corrected chi connectivity index (χ4v) is 1.81. The van der Waals surface area contributed by atoms with Crippen molar-refractivity contribution in [2.24, 2.45) is 17.3 Å². The summed E-state index contributed by atoms with van der Waals surface area (Å²) >= 11 is 0. The SMILES string of the molecule is CC(C)(C)C1COCCC1C=O. The molecule has 0 spiro atoms. The minimum Gasteiger partial charge on any atom is -0.381 e. The molecule has 1 aliphatic heterocycles. The zero-order valence-corrected chi connectivity index (χ0v) is 8.17. The van der Waals surface area contributed by atoms with Gasteiger partial charge in [0.2, 0.25) is 0 Å². The summed E-state index contributed by atoms with van der Waals surface area (Å²) in [6.07, 6.45) is 1.99. The highest BCUT2D eigenvalue weighted by Gasteiger charge is 2.34. The van der Waals surface area contributed by atoms with Crippen molar-refractivity contribution in [3.8, 4) is 0 Å². The fraction of sp³-hybridized carbons (Fsp3) is 0.900. The molecule has 2 heteroatoms. The molecule has 2 atom stereocenters. The van der Waals surface area contributed by atoms with Gasteiger partial charge in [-0.05, 0) is 17.8 Å². The Bertz CT molecular complexity index is 158. The summed E-state index contributed by atoms with van der Waals surface area (Å²) in [7, 11) is 0. The molecule has 1 saturated heterocycles. The van der Waals surface area contributed by atoms with Crippen LogP contribution in [0, 0.1) is 17.3 Å². The molecule has 1 heterocycles. The van der Waals surface area contributed by atoms with Crippen molar-refractivity contribution in [1.82, 2.24) is 0 Å². The van der Waals surface area contributed by atoms with E-state index in [1.165, 1.54) is 0 Å². The Morgan fingerprint density at radius 1 is 1.42 bits per heavy atom. The second-order valence-corrected chi connectivity index (χ2v) is 4.64. The van der Waals surface area contributed by atoms with E-state index in [-0.39, 0.29) is 11.3 Å².